The Kier molecular flexibility index (Phi) is 2.91. The Morgan fingerprint density at radius 3 is 2.88 bits per heavy atom. The summed E-state index contributed by atoms with van der Waals surface area (Å²) in [6, 6.07) is 8.69. The van der Waals surface area contributed by atoms with Crippen molar-refractivity contribution in [3.8, 4) is 11.1 Å². The fourth-order valence-electron chi connectivity index (χ4n) is 1.93. The van der Waals surface area contributed by atoms with E-state index in [4.69, 9.17) is 16.0 Å². The molecule has 0 amide bonds. The van der Waals surface area contributed by atoms with Crippen molar-refractivity contribution in [3.05, 3.63) is 47.4 Å². The molecular formula is C14H14ClNO. The molecule has 17 heavy (non-hydrogen) atoms. The van der Waals surface area contributed by atoms with Gasteiger partial charge in [0.25, 0.3) is 0 Å². The predicted molar refractivity (Wildman–Crippen MR) is 69.0 cm³/mol. The Balaban J connectivity index is 1.89. The molecule has 0 aliphatic heterocycles. The van der Waals surface area contributed by atoms with Crippen molar-refractivity contribution in [1.82, 2.24) is 5.32 Å². The molecule has 0 atom stereocenters. The Labute approximate surface area is 106 Å². The molecule has 3 rings (SSSR count). The summed E-state index contributed by atoms with van der Waals surface area (Å²) < 4.78 is 5.14. The SMILES string of the molecule is Clc1ccc(CNC2CC2)c(-c2ccoc2)c1. The monoisotopic (exact) mass is 247 g/mol. The second-order valence-electron chi connectivity index (χ2n) is 4.47. The van der Waals surface area contributed by atoms with E-state index in [9.17, 15) is 0 Å². The minimum atomic E-state index is 0.711. The van der Waals surface area contributed by atoms with Crippen LogP contribution in [0.1, 0.15) is 18.4 Å². The average Bonchev–Trinajstić information content (AvgIpc) is 3.00. The number of halogens is 1. The molecule has 2 nitrogen and oxygen atoms in total. The number of hydrogen-bond acceptors (Lipinski definition) is 2. The summed E-state index contributed by atoms with van der Waals surface area (Å²) in [7, 11) is 0. The lowest BCUT2D eigenvalue weighted by atomic mass is 10.0. The van der Waals surface area contributed by atoms with Crippen LogP contribution in [0.2, 0.25) is 5.02 Å². The topological polar surface area (TPSA) is 25.2 Å². The van der Waals surface area contributed by atoms with Gasteiger partial charge in [-0.2, -0.15) is 0 Å². The molecule has 1 aromatic heterocycles. The van der Waals surface area contributed by atoms with Crippen molar-refractivity contribution < 1.29 is 4.42 Å². The van der Waals surface area contributed by atoms with E-state index in [1.165, 1.54) is 18.4 Å². The molecule has 1 saturated carbocycles. The van der Waals surface area contributed by atoms with E-state index >= 15 is 0 Å². The van der Waals surface area contributed by atoms with Gasteiger partial charge < -0.3 is 9.73 Å². The molecule has 0 saturated heterocycles. The van der Waals surface area contributed by atoms with Gasteiger partial charge in [-0.1, -0.05) is 17.7 Å². The third kappa shape index (κ3) is 2.54. The maximum absolute atomic E-state index is 6.06. The average molecular weight is 248 g/mol. The van der Waals surface area contributed by atoms with Crippen LogP contribution in [0.25, 0.3) is 11.1 Å². The Bertz CT molecular complexity index is 503. The van der Waals surface area contributed by atoms with Gasteiger partial charge in [0.15, 0.2) is 0 Å². The fraction of sp³-hybridized carbons (Fsp3) is 0.286. The van der Waals surface area contributed by atoms with Crippen molar-refractivity contribution in [1.29, 1.82) is 0 Å². The minimum absolute atomic E-state index is 0.711. The molecule has 1 aromatic carbocycles. The third-order valence-corrected chi connectivity index (χ3v) is 3.30. The van der Waals surface area contributed by atoms with Crippen LogP contribution in [-0.4, -0.2) is 6.04 Å². The summed E-state index contributed by atoms with van der Waals surface area (Å²) in [5, 5.41) is 4.28. The van der Waals surface area contributed by atoms with E-state index in [1.807, 2.05) is 18.2 Å². The zero-order chi connectivity index (χ0) is 11.7. The van der Waals surface area contributed by atoms with Crippen molar-refractivity contribution in [2.75, 3.05) is 0 Å². The van der Waals surface area contributed by atoms with E-state index in [2.05, 4.69) is 11.4 Å². The fourth-order valence-corrected chi connectivity index (χ4v) is 2.10. The lowest BCUT2D eigenvalue weighted by Gasteiger charge is -2.09. The quantitative estimate of drug-likeness (QED) is 0.888. The van der Waals surface area contributed by atoms with Crippen LogP contribution in [0.15, 0.2) is 41.2 Å². The van der Waals surface area contributed by atoms with Gasteiger partial charge in [-0.3, -0.25) is 0 Å². The van der Waals surface area contributed by atoms with Crippen LogP contribution in [0.5, 0.6) is 0 Å². The Morgan fingerprint density at radius 2 is 2.18 bits per heavy atom. The molecular weight excluding hydrogens is 234 g/mol. The second kappa shape index (κ2) is 4.55. The highest BCUT2D eigenvalue weighted by molar-refractivity contribution is 6.30. The molecule has 88 valence electrons. The summed E-state index contributed by atoms with van der Waals surface area (Å²) >= 11 is 6.06. The van der Waals surface area contributed by atoms with Gasteiger partial charge in [-0.15, -0.1) is 0 Å². The van der Waals surface area contributed by atoms with Crippen LogP contribution < -0.4 is 5.32 Å². The van der Waals surface area contributed by atoms with Gasteiger partial charge >= 0.3 is 0 Å². The zero-order valence-corrected chi connectivity index (χ0v) is 10.2. The van der Waals surface area contributed by atoms with Crippen LogP contribution in [0.3, 0.4) is 0 Å². The van der Waals surface area contributed by atoms with E-state index in [-0.39, 0.29) is 0 Å². The summed E-state index contributed by atoms with van der Waals surface area (Å²) in [6.45, 7) is 0.891. The number of rotatable bonds is 4. The molecule has 0 unspecified atom stereocenters. The number of benzene rings is 1. The molecule has 1 aliphatic rings. The summed E-state index contributed by atoms with van der Waals surface area (Å²) in [6.07, 6.45) is 6.05. The van der Waals surface area contributed by atoms with Gasteiger partial charge in [-0.05, 0) is 42.2 Å². The molecule has 1 aliphatic carbocycles. The maximum atomic E-state index is 6.06. The van der Waals surface area contributed by atoms with Crippen molar-refractivity contribution in [2.24, 2.45) is 0 Å². The first kappa shape index (κ1) is 10.9. The first-order valence-electron chi connectivity index (χ1n) is 5.87. The smallest absolute Gasteiger partial charge is 0.0981 e. The van der Waals surface area contributed by atoms with Gasteiger partial charge in [-0.25, -0.2) is 0 Å². The van der Waals surface area contributed by atoms with Gasteiger partial charge in [0, 0.05) is 23.2 Å². The predicted octanol–water partition coefficient (Wildman–Crippen LogP) is 3.85. The van der Waals surface area contributed by atoms with E-state index in [0.717, 1.165) is 22.7 Å². The van der Waals surface area contributed by atoms with Crippen LogP contribution in [-0.2, 0) is 6.54 Å². The number of furan rings is 1. The molecule has 1 fully saturated rings. The standard InChI is InChI=1S/C14H14ClNO/c15-12-2-1-10(8-16-13-3-4-13)14(7-12)11-5-6-17-9-11/h1-2,5-7,9,13,16H,3-4,8H2. The normalized spacial score (nSPS) is 15.1. The molecule has 1 heterocycles. The Morgan fingerprint density at radius 1 is 1.29 bits per heavy atom. The third-order valence-electron chi connectivity index (χ3n) is 3.06. The molecule has 0 spiro atoms. The molecule has 2 aromatic rings. The van der Waals surface area contributed by atoms with Crippen molar-refractivity contribution in [3.63, 3.8) is 0 Å². The van der Waals surface area contributed by atoms with Crippen LogP contribution in [0.4, 0.5) is 0 Å². The highest BCUT2D eigenvalue weighted by Gasteiger charge is 2.20. The summed E-state index contributed by atoms with van der Waals surface area (Å²) in [5.74, 6) is 0. The van der Waals surface area contributed by atoms with Crippen LogP contribution in [0, 0.1) is 0 Å². The van der Waals surface area contributed by atoms with Gasteiger partial charge in [0.2, 0.25) is 0 Å². The summed E-state index contributed by atoms with van der Waals surface area (Å²) in [5.41, 5.74) is 3.50. The Hall–Kier alpha value is -1.25. The van der Waals surface area contributed by atoms with Crippen molar-refractivity contribution >= 4 is 11.6 Å². The maximum Gasteiger partial charge on any atom is 0.0981 e. The highest BCUT2D eigenvalue weighted by atomic mass is 35.5. The number of nitrogens with one attached hydrogen (secondary N) is 1. The second-order valence-corrected chi connectivity index (χ2v) is 4.91. The highest BCUT2D eigenvalue weighted by Crippen LogP contribution is 2.28. The van der Waals surface area contributed by atoms with Crippen LogP contribution >= 0.6 is 11.6 Å². The zero-order valence-electron chi connectivity index (χ0n) is 9.45. The first-order chi connectivity index (χ1) is 8.33. The lowest BCUT2D eigenvalue weighted by Crippen LogP contribution is -2.15. The van der Waals surface area contributed by atoms with E-state index < -0.39 is 0 Å². The van der Waals surface area contributed by atoms with Gasteiger partial charge in [0.05, 0.1) is 12.5 Å². The van der Waals surface area contributed by atoms with Gasteiger partial charge in [0.1, 0.15) is 0 Å². The molecule has 3 heteroatoms. The molecule has 0 radical (unpaired) electrons. The van der Waals surface area contributed by atoms with E-state index in [0.29, 0.717) is 6.04 Å². The largest absolute Gasteiger partial charge is 0.472 e. The summed E-state index contributed by atoms with van der Waals surface area (Å²) in [4.78, 5) is 0. The van der Waals surface area contributed by atoms with Crippen molar-refractivity contribution in [2.45, 2.75) is 25.4 Å². The number of hydrogen-bond donors (Lipinski definition) is 1. The molecule has 0 bridgehead atoms. The minimum Gasteiger partial charge on any atom is -0.472 e. The lowest BCUT2D eigenvalue weighted by molar-refractivity contribution is 0.568. The molecule has 1 N–H and O–H groups in total. The first-order valence-corrected chi connectivity index (χ1v) is 6.25. The van der Waals surface area contributed by atoms with E-state index in [1.54, 1.807) is 12.5 Å².